The number of imidazole rings is 1. The Balaban J connectivity index is 1.93. The van der Waals surface area contributed by atoms with Gasteiger partial charge in [0.25, 0.3) is 0 Å². The lowest BCUT2D eigenvalue weighted by atomic mass is 10.1. The third-order valence-electron chi connectivity index (χ3n) is 3.51. The maximum absolute atomic E-state index is 13.0. The number of nitrogens with zero attached hydrogens (tertiary/aromatic N) is 2. The highest BCUT2D eigenvalue weighted by molar-refractivity contribution is 5.58. The van der Waals surface area contributed by atoms with E-state index in [4.69, 9.17) is 0 Å². The summed E-state index contributed by atoms with van der Waals surface area (Å²) < 4.78 is 15.2. The van der Waals surface area contributed by atoms with Gasteiger partial charge in [0.05, 0.1) is 18.2 Å². The van der Waals surface area contributed by atoms with Gasteiger partial charge in [-0.15, -0.1) is 0 Å². The molecule has 0 saturated carbocycles. The minimum Gasteiger partial charge on any atom is -0.327 e. The van der Waals surface area contributed by atoms with E-state index in [1.54, 1.807) is 0 Å². The van der Waals surface area contributed by atoms with Gasteiger partial charge in [0.15, 0.2) is 0 Å². The van der Waals surface area contributed by atoms with Crippen molar-refractivity contribution >= 4 is 0 Å². The summed E-state index contributed by atoms with van der Waals surface area (Å²) in [5.41, 5.74) is 2.09. The second-order valence-corrected chi connectivity index (χ2v) is 4.67. The van der Waals surface area contributed by atoms with Gasteiger partial charge in [0, 0.05) is 6.04 Å². The van der Waals surface area contributed by atoms with Crippen LogP contribution < -0.4 is 5.32 Å². The third kappa shape index (κ3) is 2.16. The number of hydrogen-bond donors (Lipinski definition) is 1. The fraction of sp³-hybridized carbons (Fsp3) is 0.357. The van der Waals surface area contributed by atoms with Gasteiger partial charge in [0.2, 0.25) is 0 Å². The minimum absolute atomic E-state index is 0.202. The Labute approximate surface area is 106 Å². The number of halogens is 1. The average molecular weight is 245 g/mol. The molecular formula is C14H16FN3. The molecule has 0 radical (unpaired) electrons. The van der Waals surface area contributed by atoms with Crippen LogP contribution in [0.1, 0.15) is 18.9 Å². The van der Waals surface area contributed by atoms with Gasteiger partial charge >= 0.3 is 0 Å². The van der Waals surface area contributed by atoms with Crippen molar-refractivity contribution in [3.63, 3.8) is 0 Å². The normalized spacial score (nSPS) is 16.9. The zero-order chi connectivity index (χ0) is 12.4. The Kier molecular flexibility index (Phi) is 3.11. The molecule has 4 heteroatoms. The summed E-state index contributed by atoms with van der Waals surface area (Å²) in [5.74, 6) is -0.202. The number of piperidine rings is 1. The highest BCUT2D eigenvalue weighted by Gasteiger charge is 2.17. The van der Waals surface area contributed by atoms with Crippen molar-refractivity contribution in [1.29, 1.82) is 0 Å². The smallest absolute Gasteiger partial charge is 0.123 e. The van der Waals surface area contributed by atoms with Crippen LogP contribution in [-0.4, -0.2) is 22.6 Å². The number of hydrogen-bond acceptors (Lipinski definition) is 2. The molecule has 1 aliphatic rings. The number of benzene rings is 1. The Morgan fingerprint density at radius 3 is 2.61 bits per heavy atom. The van der Waals surface area contributed by atoms with E-state index in [1.165, 1.54) is 12.1 Å². The van der Waals surface area contributed by atoms with E-state index in [9.17, 15) is 4.39 Å². The first-order valence-electron chi connectivity index (χ1n) is 6.33. The maximum Gasteiger partial charge on any atom is 0.123 e. The molecule has 1 aromatic carbocycles. The molecule has 0 spiro atoms. The SMILES string of the molecule is Fc1ccc(-c2cncn2C2CCNCC2)cc1. The molecule has 1 fully saturated rings. The van der Waals surface area contributed by atoms with Crippen molar-refractivity contribution in [2.24, 2.45) is 0 Å². The summed E-state index contributed by atoms with van der Waals surface area (Å²) in [6, 6.07) is 7.10. The lowest BCUT2D eigenvalue weighted by Crippen LogP contribution is -2.29. The van der Waals surface area contributed by atoms with E-state index in [0.29, 0.717) is 6.04 Å². The van der Waals surface area contributed by atoms with Gasteiger partial charge in [-0.25, -0.2) is 9.37 Å². The van der Waals surface area contributed by atoms with Crippen LogP contribution in [0, 0.1) is 5.82 Å². The van der Waals surface area contributed by atoms with Gasteiger partial charge in [-0.05, 0) is 55.8 Å². The molecule has 0 bridgehead atoms. The van der Waals surface area contributed by atoms with Crippen molar-refractivity contribution in [2.45, 2.75) is 18.9 Å². The number of aromatic nitrogens is 2. The van der Waals surface area contributed by atoms with E-state index in [1.807, 2.05) is 24.7 Å². The summed E-state index contributed by atoms with van der Waals surface area (Å²) in [6.07, 6.45) is 5.97. The number of nitrogens with one attached hydrogen (secondary N) is 1. The average Bonchev–Trinajstić information content (AvgIpc) is 2.90. The molecule has 3 nitrogen and oxygen atoms in total. The molecule has 94 valence electrons. The van der Waals surface area contributed by atoms with Crippen LogP contribution in [0.4, 0.5) is 4.39 Å². The second kappa shape index (κ2) is 4.90. The van der Waals surface area contributed by atoms with Crippen LogP contribution in [0.25, 0.3) is 11.3 Å². The first kappa shape index (κ1) is 11.4. The molecule has 1 saturated heterocycles. The topological polar surface area (TPSA) is 29.9 Å². The largest absolute Gasteiger partial charge is 0.327 e. The first-order valence-corrected chi connectivity index (χ1v) is 6.33. The summed E-state index contributed by atoms with van der Waals surface area (Å²) in [7, 11) is 0. The summed E-state index contributed by atoms with van der Waals surface area (Å²) in [5, 5.41) is 3.36. The van der Waals surface area contributed by atoms with Crippen molar-refractivity contribution in [1.82, 2.24) is 14.9 Å². The zero-order valence-corrected chi connectivity index (χ0v) is 10.1. The van der Waals surface area contributed by atoms with E-state index >= 15 is 0 Å². The van der Waals surface area contributed by atoms with Gasteiger partial charge < -0.3 is 9.88 Å². The summed E-state index contributed by atoms with van der Waals surface area (Å²) >= 11 is 0. The van der Waals surface area contributed by atoms with Crippen molar-refractivity contribution in [2.75, 3.05) is 13.1 Å². The highest BCUT2D eigenvalue weighted by Crippen LogP contribution is 2.26. The van der Waals surface area contributed by atoms with E-state index < -0.39 is 0 Å². The van der Waals surface area contributed by atoms with Crippen molar-refractivity contribution < 1.29 is 4.39 Å². The van der Waals surface area contributed by atoms with Gasteiger partial charge in [-0.2, -0.15) is 0 Å². The van der Waals surface area contributed by atoms with E-state index in [2.05, 4.69) is 14.9 Å². The first-order chi connectivity index (χ1) is 8.84. The van der Waals surface area contributed by atoms with Gasteiger partial charge in [-0.3, -0.25) is 0 Å². The van der Waals surface area contributed by atoms with Crippen LogP contribution in [0.3, 0.4) is 0 Å². The van der Waals surface area contributed by atoms with Crippen LogP contribution in [-0.2, 0) is 0 Å². The van der Waals surface area contributed by atoms with E-state index in [-0.39, 0.29) is 5.82 Å². The van der Waals surface area contributed by atoms with Crippen molar-refractivity contribution in [3.05, 3.63) is 42.6 Å². The van der Waals surface area contributed by atoms with Crippen molar-refractivity contribution in [3.8, 4) is 11.3 Å². The molecule has 0 unspecified atom stereocenters. The fourth-order valence-corrected chi connectivity index (χ4v) is 2.52. The molecule has 18 heavy (non-hydrogen) atoms. The fourth-order valence-electron chi connectivity index (χ4n) is 2.52. The molecular weight excluding hydrogens is 229 g/mol. The minimum atomic E-state index is -0.202. The molecule has 2 aromatic rings. The Morgan fingerprint density at radius 1 is 1.17 bits per heavy atom. The lowest BCUT2D eigenvalue weighted by molar-refractivity contribution is 0.370. The summed E-state index contributed by atoms with van der Waals surface area (Å²) in [6.45, 7) is 2.09. The Morgan fingerprint density at radius 2 is 1.89 bits per heavy atom. The van der Waals surface area contributed by atoms with Gasteiger partial charge in [-0.1, -0.05) is 0 Å². The predicted molar refractivity (Wildman–Crippen MR) is 68.8 cm³/mol. The van der Waals surface area contributed by atoms with E-state index in [0.717, 1.165) is 37.2 Å². The van der Waals surface area contributed by atoms with Crippen LogP contribution in [0.15, 0.2) is 36.8 Å². The second-order valence-electron chi connectivity index (χ2n) is 4.67. The standard InChI is InChI=1S/C14H16FN3/c15-12-3-1-11(2-4-12)14-9-17-10-18(14)13-5-7-16-8-6-13/h1-4,9-10,13,16H,5-8H2. The molecule has 3 rings (SSSR count). The Bertz CT molecular complexity index is 512. The maximum atomic E-state index is 13.0. The quantitative estimate of drug-likeness (QED) is 0.881. The molecule has 0 aliphatic carbocycles. The lowest BCUT2D eigenvalue weighted by Gasteiger charge is -2.25. The molecule has 1 N–H and O–H groups in total. The number of rotatable bonds is 2. The summed E-state index contributed by atoms with van der Waals surface area (Å²) in [4.78, 5) is 4.24. The van der Waals surface area contributed by atoms with Crippen LogP contribution in [0.5, 0.6) is 0 Å². The monoisotopic (exact) mass is 245 g/mol. The molecule has 0 amide bonds. The molecule has 1 aromatic heterocycles. The van der Waals surface area contributed by atoms with Crippen LogP contribution >= 0.6 is 0 Å². The third-order valence-corrected chi connectivity index (χ3v) is 3.51. The molecule has 0 atom stereocenters. The highest BCUT2D eigenvalue weighted by atomic mass is 19.1. The zero-order valence-electron chi connectivity index (χ0n) is 10.1. The predicted octanol–water partition coefficient (Wildman–Crippen LogP) is 2.61. The molecule has 1 aliphatic heterocycles. The van der Waals surface area contributed by atoms with Gasteiger partial charge in [0.1, 0.15) is 5.82 Å². The molecule has 2 heterocycles. The Hall–Kier alpha value is -1.68. The van der Waals surface area contributed by atoms with Crippen LogP contribution in [0.2, 0.25) is 0 Å².